The lowest BCUT2D eigenvalue weighted by Gasteiger charge is -2.37. The van der Waals surface area contributed by atoms with Gasteiger partial charge in [0.1, 0.15) is 0 Å². The van der Waals surface area contributed by atoms with E-state index in [1.165, 1.54) is 38.5 Å². The summed E-state index contributed by atoms with van der Waals surface area (Å²) in [7, 11) is -1.36. The van der Waals surface area contributed by atoms with E-state index in [2.05, 4.69) is 0 Å². The van der Waals surface area contributed by atoms with E-state index < -0.39 is 10.0 Å². The smallest absolute Gasteiger partial charge is 0.216 e. The zero-order chi connectivity index (χ0) is 17.0. The van der Waals surface area contributed by atoms with Crippen molar-refractivity contribution in [1.82, 2.24) is 4.31 Å². The van der Waals surface area contributed by atoms with E-state index in [4.69, 9.17) is 4.74 Å². The van der Waals surface area contributed by atoms with Crippen LogP contribution < -0.4 is 0 Å². The largest absolute Gasteiger partial charge is 0.381 e. The topological polar surface area (TPSA) is 46.6 Å². The molecule has 0 bridgehead atoms. The fraction of sp³-hybridized carbons (Fsp3) is 1.00. The lowest BCUT2D eigenvalue weighted by molar-refractivity contribution is 0.0711. The third-order valence-electron chi connectivity index (χ3n) is 6.70. The molecule has 1 saturated heterocycles. The molecule has 140 valence electrons. The van der Waals surface area contributed by atoms with Crippen LogP contribution >= 0.6 is 0 Å². The van der Waals surface area contributed by atoms with E-state index in [0.717, 1.165) is 63.5 Å². The lowest BCUT2D eigenvalue weighted by Crippen LogP contribution is -2.45. The predicted octanol–water partition coefficient (Wildman–Crippen LogP) is 3.96. The van der Waals surface area contributed by atoms with Crippen LogP contribution in [0.15, 0.2) is 0 Å². The van der Waals surface area contributed by atoms with Gasteiger partial charge in [0.05, 0.1) is 11.4 Å². The highest BCUT2D eigenvalue weighted by molar-refractivity contribution is 7.89. The number of piperidine rings is 1. The number of ether oxygens (including phenoxy) is 1. The highest BCUT2D eigenvalue weighted by Crippen LogP contribution is 2.35. The molecule has 0 N–H and O–H groups in total. The Morgan fingerprint density at radius 3 is 2.00 bits per heavy atom. The van der Waals surface area contributed by atoms with Crippen molar-refractivity contribution in [2.45, 2.75) is 88.4 Å². The molecule has 0 spiro atoms. The van der Waals surface area contributed by atoms with Crippen molar-refractivity contribution in [3.8, 4) is 0 Å². The average molecular weight is 358 g/mol. The van der Waals surface area contributed by atoms with Gasteiger partial charge in [-0.3, -0.25) is 0 Å². The molecule has 4 nitrogen and oxygen atoms in total. The molecule has 24 heavy (non-hydrogen) atoms. The summed E-state index contributed by atoms with van der Waals surface area (Å²) >= 11 is 0. The Kier molecular flexibility index (Phi) is 6.61. The van der Waals surface area contributed by atoms with Gasteiger partial charge in [-0.2, -0.15) is 0 Å². The second-order valence-corrected chi connectivity index (χ2v) is 10.5. The molecule has 2 aliphatic carbocycles. The van der Waals surface area contributed by atoms with Gasteiger partial charge in [0.25, 0.3) is 0 Å². The van der Waals surface area contributed by atoms with Gasteiger partial charge < -0.3 is 4.74 Å². The van der Waals surface area contributed by atoms with E-state index >= 15 is 0 Å². The highest BCUT2D eigenvalue weighted by Gasteiger charge is 2.37. The molecule has 0 aromatic heterocycles. The number of methoxy groups -OCH3 is 1. The second-order valence-electron chi connectivity index (χ2n) is 8.26. The summed E-state index contributed by atoms with van der Waals surface area (Å²) in [5.41, 5.74) is 0. The number of sulfonamides is 1. The first kappa shape index (κ1) is 18.7. The predicted molar refractivity (Wildman–Crippen MR) is 97.5 cm³/mol. The molecule has 0 unspecified atom stereocenters. The van der Waals surface area contributed by atoms with Crippen LogP contribution in [0, 0.1) is 11.8 Å². The molecule has 0 aromatic carbocycles. The minimum atomic E-state index is -3.10. The summed E-state index contributed by atoms with van der Waals surface area (Å²) in [6.45, 7) is 1.51. The number of nitrogens with zero attached hydrogens (tertiary/aromatic N) is 1. The summed E-state index contributed by atoms with van der Waals surface area (Å²) in [6.07, 6.45) is 14.1. The first-order valence-corrected chi connectivity index (χ1v) is 11.6. The second kappa shape index (κ2) is 8.50. The van der Waals surface area contributed by atoms with Gasteiger partial charge >= 0.3 is 0 Å². The van der Waals surface area contributed by atoms with Crippen molar-refractivity contribution in [2.24, 2.45) is 11.8 Å². The van der Waals surface area contributed by atoms with Gasteiger partial charge in [0.15, 0.2) is 0 Å². The standard InChI is InChI=1S/C19H35NO3S/c1-23-18-7-9-19(10-8-18)24(21,22)20-13-11-17(12-14-20)15-16-5-3-2-4-6-16/h16-19H,2-15H2,1H3. The third kappa shape index (κ3) is 4.53. The van der Waals surface area contributed by atoms with Gasteiger partial charge in [-0.1, -0.05) is 32.1 Å². The van der Waals surface area contributed by atoms with Gasteiger partial charge in [-0.05, 0) is 56.8 Å². The van der Waals surface area contributed by atoms with Gasteiger partial charge in [0.2, 0.25) is 10.0 Å². The van der Waals surface area contributed by atoms with Crippen molar-refractivity contribution < 1.29 is 13.2 Å². The molecule has 5 heteroatoms. The van der Waals surface area contributed by atoms with Crippen LogP contribution in [-0.2, 0) is 14.8 Å². The van der Waals surface area contributed by atoms with Crippen molar-refractivity contribution in [3.05, 3.63) is 0 Å². The maximum absolute atomic E-state index is 12.9. The summed E-state index contributed by atoms with van der Waals surface area (Å²) in [5, 5.41) is -0.168. The fourth-order valence-electron chi connectivity index (χ4n) is 5.07. The molecule has 0 aromatic rings. The first-order valence-electron chi connectivity index (χ1n) is 10.1. The Hall–Kier alpha value is -0.130. The molecule has 3 rings (SSSR count). The van der Waals surface area contributed by atoms with Crippen molar-refractivity contribution in [1.29, 1.82) is 0 Å². The quantitative estimate of drug-likeness (QED) is 0.748. The van der Waals surface area contributed by atoms with Crippen LogP contribution in [0.5, 0.6) is 0 Å². The van der Waals surface area contributed by atoms with Crippen molar-refractivity contribution in [3.63, 3.8) is 0 Å². The summed E-state index contributed by atoms with van der Waals surface area (Å²) in [6, 6.07) is 0. The van der Waals surface area contributed by atoms with Crippen LogP contribution in [0.1, 0.15) is 77.0 Å². The van der Waals surface area contributed by atoms with Gasteiger partial charge in [-0.15, -0.1) is 0 Å². The van der Waals surface area contributed by atoms with Gasteiger partial charge in [0, 0.05) is 20.2 Å². The van der Waals surface area contributed by atoms with Crippen LogP contribution in [0.2, 0.25) is 0 Å². The molecule has 1 aliphatic heterocycles. The third-order valence-corrected chi connectivity index (χ3v) is 9.10. The molecule has 0 atom stereocenters. The molecule has 0 amide bonds. The maximum atomic E-state index is 12.9. The zero-order valence-corrected chi connectivity index (χ0v) is 16.1. The highest BCUT2D eigenvalue weighted by atomic mass is 32.2. The normalized spacial score (nSPS) is 32.0. The Balaban J connectivity index is 1.46. The Labute approximate surface area is 148 Å². The molecule has 1 heterocycles. The molecule has 3 fully saturated rings. The minimum absolute atomic E-state index is 0.168. The van der Waals surface area contributed by atoms with Gasteiger partial charge in [-0.25, -0.2) is 12.7 Å². The number of hydrogen-bond donors (Lipinski definition) is 0. The van der Waals surface area contributed by atoms with Crippen LogP contribution in [0.4, 0.5) is 0 Å². The zero-order valence-electron chi connectivity index (χ0n) is 15.3. The SMILES string of the molecule is COC1CCC(S(=O)(=O)N2CCC(CC3CCCCC3)CC2)CC1. The van der Waals surface area contributed by atoms with E-state index in [1.807, 2.05) is 4.31 Å². The molecule has 3 aliphatic rings. The summed E-state index contributed by atoms with van der Waals surface area (Å²) in [5.74, 6) is 1.67. The monoisotopic (exact) mass is 357 g/mol. The molecule has 2 saturated carbocycles. The Bertz CT molecular complexity index is 471. The maximum Gasteiger partial charge on any atom is 0.216 e. The van der Waals surface area contributed by atoms with E-state index in [-0.39, 0.29) is 11.4 Å². The van der Waals surface area contributed by atoms with Crippen LogP contribution in [-0.4, -0.2) is 44.3 Å². The van der Waals surface area contributed by atoms with Crippen LogP contribution in [0.3, 0.4) is 0 Å². The fourth-order valence-corrected chi connectivity index (χ4v) is 7.08. The van der Waals surface area contributed by atoms with Crippen molar-refractivity contribution in [2.75, 3.05) is 20.2 Å². The lowest BCUT2D eigenvalue weighted by atomic mass is 9.80. The molecule has 0 radical (unpaired) electrons. The molecular formula is C19H35NO3S. The minimum Gasteiger partial charge on any atom is -0.381 e. The Morgan fingerprint density at radius 2 is 1.42 bits per heavy atom. The molecular weight excluding hydrogens is 322 g/mol. The first-order chi connectivity index (χ1) is 11.6. The summed E-state index contributed by atoms with van der Waals surface area (Å²) < 4.78 is 33.0. The Morgan fingerprint density at radius 1 is 0.833 bits per heavy atom. The average Bonchev–Trinajstić information content (AvgIpc) is 2.63. The number of rotatable bonds is 5. The van der Waals surface area contributed by atoms with Crippen LogP contribution in [0.25, 0.3) is 0 Å². The van der Waals surface area contributed by atoms with Crippen molar-refractivity contribution >= 4 is 10.0 Å². The van der Waals surface area contributed by atoms with E-state index in [0.29, 0.717) is 0 Å². The van der Waals surface area contributed by atoms with E-state index in [9.17, 15) is 8.42 Å². The number of hydrogen-bond acceptors (Lipinski definition) is 3. The van der Waals surface area contributed by atoms with E-state index in [1.54, 1.807) is 7.11 Å². The summed E-state index contributed by atoms with van der Waals surface area (Å²) in [4.78, 5) is 0.